The molecule has 0 radical (unpaired) electrons. The van der Waals surface area contributed by atoms with Crippen LogP contribution in [0, 0.1) is 0 Å². The summed E-state index contributed by atoms with van der Waals surface area (Å²) in [6.07, 6.45) is 3.10. The van der Waals surface area contributed by atoms with Gasteiger partial charge in [0.15, 0.2) is 0 Å². The fourth-order valence-corrected chi connectivity index (χ4v) is 4.10. The van der Waals surface area contributed by atoms with Crippen molar-refractivity contribution in [2.45, 2.75) is 43.4 Å². The second-order valence-electron chi connectivity index (χ2n) is 4.79. The first-order valence-electron chi connectivity index (χ1n) is 6.40. The average molecular weight is 251 g/mol. The lowest BCUT2D eigenvalue weighted by atomic mass is 9.82. The molecule has 0 aliphatic heterocycles. The highest BCUT2D eigenvalue weighted by atomic mass is 32.2. The van der Waals surface area contributed by atoms with Crippen LogP contribution >= 0.6 is 0 Å². The lowest BCUT2D eigenvalue weighted by Crippen LogP contribution is -2.42. The molecule has 4 atom stereocenters. The number of hydrogen-bond donors (Lipinski definition) is 1. The Morgan fingerprint density at radius 3 is 2.65 bits per heavy atom. The fraction of sp³-hybridized carbons (Fsp3) is 0.571. The van der Waals surface area contributed by atoms with Crippen molar-refractivity contribution in [2.75, 3.05) is 5.75 Å². The number of rotatable bonds is 3. The highest BCUT2D eigenvalue weighted by molar-refractivity contribution is 7.85. The minimum atomic E-state index is -0.763. The molecule has 3 heteroatoms. The van der Waals surface area contributed by atoms with E-state index in [-0.39, 0.29) is 11.3 Å². The number of hydrogen-bond acceptors (Lipinski definition) is 2. The van der Waals surface area contributed by atoms with E-state index in [0.29, 0.717) is 5.92 Å². The van der Waals surface area contributed by atoms with Gasteiger partial charge < -0.3 is 5.73 Å². The van der Waals surface area contributed by atoms with Gasteiger partial charge in [0.1, 0.15) is 0 Å². The van der Waals surface area contributed by atoms with Crippen LogP contribution in [0.15, 0.2) is 30.3 Å². The van der Waals surface area contributed by atoms with E-state index in [1.807, 2.05) is 13.0 Å². The SMILES string of the molecule is CCS(=O)C1CC(c2ccccc2)CCC1N. The van der Waals surface area contributed by atoms with E-state index in [1.165, 1.54) is 5.56 Å². The Balaban J connectivity index is 2.10. The van der Waals surface area contributed by atoms with Crippen molar-refractivity contribution in [3.63, 3.8) is 0 Å². The lowest BCUT2D eigenvalue weighted by molar-refractivity contribution is 0.400. The molecule has 4 unspecified atom stereocenters. The van der Waals surface area contributed by atoms with Gasteiger partial charge >= 0.3 is 0 Å². The van der Waals surface area contributed by atoms with Crippen molar-refractivity contribution >= 4 is 10.8 Å². The maximum absolute atomic E-state index is 12.0. The summed E-state index contributed by atoms with van der Waals surface area (Å²) in [7, 11) is -0.763. The molecule has 0 saturated heterocycles. The van der Waals surface area contributed by atoms with Crippen molar-refractivity contribution in [2.24, 2.45) is 5.73 Å². The average Bonchev–Trinajstić information content (AvgIpc) is 2.39. The molecule has 1 fully saturated rings. The summed E-state index contributed by atoms with van der Waals surface area (Å²) in [5.41, 5.74) is 7.48. The molecule has 2 rings (SSSR count). The molecule has 0 bridgehead atoms. The molecule has 17 heavy (non-hydrogen) atoms. The lowest BCUT2D eigenvalue weighted by Gasteiger charge is -2.33. The second kappa shape index (κ2) is 5.78. The summed E-state index contributed by atoms with van der Waals surface area (Å²) in [6.45, 7) is 1.98. The van der Waals surface area contributed by atoms with Crippen LogP contribution in [-0.2, 0) is 10.8 Å². The number of nitrogens with two attached hydrogens (primary N) is 1. The van der Waals surface area contributed by atoms with E-state index < -0.39 is 10.8 Å². The first-order valence-corrected chi connectivity index (χ1v) is 7.78. The smallest absolute Gasteiger partial charge is 0.0504 e. The predicted octanol–water partition coefficient (Wildman–Crippen LogP) is 2.42. The van der Waals surface area contributed by atoms with Gasteiger partial charge in [0, 0.05) is 22.6 Å². The topological polar surface area (TPSA) is 43.1 Å². The van der Waals surface area contributed by atoms with Gasteiger partial charge in [0.05, 0.1) is 5.25 Å². The second-order valence-corrected chi connectivity index (χ2v) is 6.74. The van der Waals surface area contributed by atoms with Crippen molar-refractivity contribution in [3.8, 4) is 0 Å². The minimum absolute atomic E-state index is 0.121. The maximum atomic E-state index is 12.0. The summed E-state index contributed by atoms with van der Waals surface area (Å²) in [6, 6.07) is 10.7. The molecule has 2 nitrogen and oxygen atoms in total. The summed E-state index contributed by atoms with van der Waals surface area (Å²) in [5.74, 6) is 1.26. The Labute approximate surface area is 106 Å². The van der Waals surface area contributed by atoms with Crippen LogP contribution in [0.2, 0.25) is 0 Å². The van der Waals surface area contributed by atoms with Crippen LogP contribution in [0.5, 0.6) is 0 Å². The zero-order valence-electron chi connectivity index (χ0n) is 10.3. The van der Waals surface area contributed by atoms with E-state index >= 15 is 0 Å². The normalized spacial score (nSPS) is 31.1. The quantitative estimate of drug-likeness (QED) is 0.896. The van der Waals surface area contributed by atoms with Gasteiger partial charge in [-0.3, -0.25) is 4.21 Å². The van der Waals surface area contributed by atoms with E-state index in [1.54, 1.807) is 0 Å². The Morgan fingerprint density at radius 1 is 1.29 bits per heavy atom. The highest BCUT2D eigenvalue weighted by Gasteiger charge is 2.32. The van der Waals surface area contributed by atoms with Crippen LogP contribution in [0.3, 0.4) is 0 Å². The molecule has 94 valence electrons. The van der Waals surface area contributed by atoms with Gasteiger partial charge in [-0.1, -0.05) is 37.3 Å². The van der Waals surface area contributed by atoms with Crippen molar-refractivity contribution in [1.82, 2.24) is 0 Å². The minimum Gasteiger partial charge on any atom is -0.327 e. The largest absolute Gasteiger partial charge is 0.327 e. The third kappa shape index (κ3) is 2.96. The summed E-state index contributed by atoms with van der Waals surface area (Å²) in [5, 5.41) is 0.180. The molecule has 1 aliphatic carbocycles. The van der Waals surface area contributed by atoms with Crippen molar-refractivity contribution in [3.05, 3.63) is 35.9 Å². The van der Waals surface area contributed by atoms with Crippen molar-refractivity contribution < 1.29 is 4.21 Å². The van der Waals surface area contributed by atoms with Crippen LogP contribution < -0.4 is 5.73 Å². The molecular weight excluding hydrogens is 230 g/mol. The summed E-state index contributed by atoms with van der Waals surface area (Å²) >= 11 is 0. The molecule has 0 heterocycles. The third-order valence-electron chi connectivity index (χ3n) is 3.74. The molecular formula is C14H21NOS. The van der Waals surface area contributed by atoms with Crippen molar-refractivity contribution in [1.29, 1.82) is 0 Å². The molecule has 0 amide bonds. The van der Waals surface area contributed by atoms with E-state index in [0.717, 1.165) is 25.0 Å². The van der Waals surface area contributed by atoms with E-state index in [4.69, 9.17) is 5.73 Å². The Kier molecular flexibility index (Phi) is 4.35. The van der Waals surface area contributed by atoms with Gasteiger partial charge in [-0.15, -0.1) is 0 Å². The van der Waals surface area contributed by atoms with Gasteiger partial charge in [-0.05, 0) is 30.7 Å². The van der Waals surface area contributed by atoms with Gasteiger partial charge in [-0.2, -0.15) is 0 Å². The predicted molar refractivity (Wildman–Crippen MR) is 73.5 cm³/mol. The fourth-order valence-electron chi connectivity index (χ4n) is 2.70. The van der Waals surface area contributed by atoms with Crippen LogP contribution in [0.4, 0.5) is 0 Å². The Bertz CT molecular complexity index is 379. The Morgan fingerprint density at radius 2 is 2.00 bits per heavy atom. The summed E-state index contributed by atoms with van der Waals surface area (Å²) < 4.78 is 12.0. The van der Waals surface area contributed by atoms with Gasteiger partial charge in [-0.25, -0.2) is 0 Å². The molecule has 0 spiro atoms. The maximum Gasteiger partial charge on any atom is 0.0504 e. The molecule has 1 aliphatic rings. The summed E-state index contributed by atoms with van der Waals surface area (Å²) in [4.78, 5) is 0. The van der Waals surface area contributed by atoms with Gasteiger partial charge in [0.25, 0.3) is 0 Å². The van der Waals surface area contributed by atoms with E-state index in [2.05, 4.69) is 24.3 Å². The van der Waals surface area contributed by atoms with Gasteiger partial charge in [0.2, 0.25) is 0 Å². The highest BCUT2D eigenvalue weighted by Crippen LogP contribution is 2.34. The van der Waals surface area contributed by atoms with Crippen LogP contribution in [0.25, 0.3) is 0 Å². The standard InChI is InChI=1S/C14H21NOS/c1-2-17(16)14-10-12(8-9-13(14)15)11-6-4-3-5-7-11/h3-7,12-14H,2,8-10,15H2,1H3. The molecule has 1 aromatic carbocycles. The Hall–Kier alpha value is -0.670. The number of benzene rings is 1. The third-order valence-corrected chi connectivity index (χ3v) is 5.52. The molecule has 2 N–H and O–H groups in total. The van der Waals surface area contributed by atoms with E-state index in [9.17, 15) is 4.21 Å². The zero-order chi connectivity index (χ0) is 12.3. The monoisotopic (exact) mass is 251 g/mol. The molecule has 1 saturated carbocycles. The first-order chi connectivity index (χ1) is 8.22. The molecule has 1 aromatic rings. The zero-order valence-corrected chi connectivity index (χ0v) is 11.2. The molecule has 0 aromatic heterocycles. The van der Waals surface area contributed by atoms with Crippen LogP contribution in [-0.4, -0.2) is 21.3 Å². The van der Waals surface area contributed by atoms with Crippen LogP contribution in [0.1, 0.15) is 37.7 Å². The first kappa shape index (κ1) is 12.8.